The Morgan fingerprint density at radius 1 is 1.35 bits per heavy atom. The number of rotatable bonds is 7. The van der Waals surface area contributed by atoms with Crippen molar-refractivity contribution in [2.45, 2.75) is 52.1 Å². The number of halogens is 1. The fourth-order valence-electron chi connectivity index (χ4n) is 3.03. The fraction of sp³-hybridized carbons (Fsp3) is 0.750. The summed E-state index contributed by atoms with van der Waals surface area (Å²) in [5.74, 6) is 1.43. The van der Waals surface area contributed by atoms with Gasteiger partial charge in [-0.3, -0.25) is 4.79 Å². The number of carbonyl (C=O) groups excluding carboxylic acids is 1. The minimum absolute atomic E-state index is 0. The maximum Gasteiger partial charge on any atom is 0.222 e. The smallest absolute Gasteiger partial charge is 0.222 e. The largest absolute Gasteiger partial charge is 0.481 e. The van der Waals surface area contributed by atoms with Gasteiger partial charge in [0.2, 0.25) is 11.8 Å². The van der Waals surface area contributed by atoms with Gasteiger partial charge in [0.1, 0.15) is 0 Å². The predicted molar refractivity (Wildman–Crippen MR) is 93.2 cm³/mol. The number of aryl methyl sites for hydroxylation is 1. The van der Waals surface area contributed by atoms with Gasteiger partial charge < -0.3 is 15.0 Å². The SMILES string of the molecule is COc1c(CNC(C)CN2CCCC2=O)c(C(C)C)nn1C.Cl. The van der Waals surface area contributed by atoms with E-state index in [2.05, 4.69) is 31.2 Å². The van der Waals surface area contributed by atoms with E-state index in [0.717, 1.165) is 36.6 Å². The van der Waals surface area contributed by atoms with Gasteiger partial charge in [-0.1, -0.05) is 13.8 Å². The third-order valence-electron chi connectivity index (χ3n) is 4.15. The van der Waals surface area contributed by atoms with E-state index in [4.69, 9.17) is 4.74 Å². The number of nitrogens with one attached hydrogen (secondary N) is 1. The number of nitrogens with zero attached hydrogens (tertiary/aromatic N) is 3. The average molecular weight is 345 g/mol. The van der Waals surface area contributed by atoms with Crippen molar-refractivity contribution in [2.24, 2.45) is 7.05 Å². The van der Waals surface area contributed by atoms with Crippen LogP contribution in [-0.4, -0.2) is 46.8 Å². The van der Waals surface area contributed by atoms with Gasteiger partial charge in [-0.2, -0.15) is 5.10 Å². The highest BCUT2D eigenvalue weighted by Crippen LogP contribution is 2.27. The highest BCUT2D eigenvalue weighted by molar-refractivity contribution is 5.85. The molecule has 0 saturated carbocycles. The molecule has 132 valence electrons. The van der Waals surface area contributed by atoms with Gasteiger partial charge in [0.05, 0.1) is 18.4 Å². The van der Waals surface area contributed by atoms with E-state index < -0.39 is 0 Å². The molecule has 0 spiro atoms. The third-order valence-corrected chi connectivity index (χ3v) is 4.15. The lowest BCUT2D eigenvalue weighted by Gasteiger charge is -2.22. The van der Waals surface area contributed by atoms with Crippen LogP contribution in [0.5, 0.6) is 5.88 Å². The van der Waals surface area contributed by atoms with E-state index in [1.54, 1.807) is 11.8 Å². The summed E-state index contributed by atoms with van der Waals surface area (Å²) in [4.78, 5) is 13.6. The molecule has 2 rings (SSSR count). The molecule has 1 N–H and O–H groups in total. The van der Waals surface area contributed by atoms with Gasteiger partial charge in [-0.05, 0) is 19.3 Å². The molecule has 1 aliphatic rings. The van der Waals surface area contributed by atoms with Crippen molar-refractivity contribution in [2.75, 3.05) is 20.2 Å². The molecule has 0 aromatic carbocycles. The first-order valence-corrected chi connectivity index (χ1v) is 8.05. The molecule has 1 aliphatic heterocycles. The summed E-state index contributed by atoms with van der Waals surface area (Å²) in [5.41, 5.74) is 2.18. The van der Waals surface area contributed by atoms with Gasteiger partial charge in [0, 0.05) is 39.1 Å². The molecule has 1 aromatic heterocycles. The number of hydrogen-bond acceptors (Lipinski definition) is 4. The fourth-order valence-corrected chi connectivity index (χ4v) is 3.03. The second-order valence-corrected chi connectivity index (χ2v) is 6.38. The maximum absolute atomic E-state index is 11.7. The summed E-state index contributed by atoms with van der Waals surface area (Å²) < 4.78 is 7.28. The molecular formula is C16H29ClN4O2. The van der Waals surface area contributed by atoms with Gasteiger partial charge in [-0.15, -0.1) is 12.4 Å². The third kappa shape index (κ3) is 4.61. The lowest BCUT2D eigenvalue weighted by molar-refractivity contribution is -0.127. The van der Waals surface area contributed by atoms with Crippen LogP contribution in [0.3, 0.4) is 0 Å². The molecule has 1 unspecified atom stereocenters. The number of aromatic nitrogens is 2. The van der Waals surface area contributed by atoms with E-state index in [9.17, 15) is 4.79 Å². The molecular weight excluding hydrogens is 316 g/mol. The Kier molecular flexibility index (Phi) is 7.35. The lowest BCUT2D eigenvalue weighted by atomic mass is 10.1. The van der Waals surface area contributed by atoms with E-state index in [-0.39, 0.29) is 24.4 Å². The van der Waals surface area contributed by atoms with Crippen LogP contribution in [0.25, 0.3) is 0 Å². The Hall–Kier alpha value is -1.27. The number of hydrogen-bond donors (Lipinski definition) is 1. The summed E-state index contributed by atoms with van der Waals surface area (Å²) in [6.07, 6.45) is 1.68. The Balaban J connectivity index is 0.00000264. The van der Waals surface area contributed by atoms with Crippen LogP contribution in [-0.2, 0) is 18.4 Å². The molecule has 1 fully saturated rings. The second-order valence-electron chi connectivity index (χ2n) is 6.38. The quantitative estimate of drug-likeness (QED) is 0.822. The normalized spacial score (nSPS) is 15.9. The summed E-state index contributed by atoms with van der Waals surface area (Å²) in [5, 5.41) is 8.06. The monoisotopic (exact) mass is 344 g/mol. The Morgan fingerprint density at radius 3 is 2.57 bits per heavy atom. The zero-order valence-electron chi connectivity index (χ0n) is 14.8. The maximum atomic E-state index is 11.7. The lowest BCUT2D eigenvalue weighted by Crippen LogP contribution is -2.39. The van der Waals surface area contributed by atoms with Crippen LogP contribution < -0.4 is 10.1 Å². The van der Waals surface area contributed by atoms with Gasteiger partial charge in [0.15, 0.2) is 0 Å². The molecule has 0 aliphatic carbocycles. The first-order valence-electron chi connectivity index (χ1n) is 8.05. The standard InChI is InChI=1S/C16H28N4O2.ClH/c1-11(2)15-13(16(22-5)19(4)18-15)9-17-12(3)10-20-8-6-7-14(20)21;/h11-12,17H,6-10H2,1-5H3;1H. The van der Waals surface area contributed by atoms with Gasteiger partial charge in [-0.25, -0.2) is 4.68 Å². The number of methoxy groups -OCH3 is 1. The van der Waals surface area contributed by atoms with Crippen molar-refractivity contribution in [1.82, 2.24) is 20.0 Å². The zero-order valence-corrected chi connectivity index (χ0v) is 15.6. The first kappa shape index (κ1) is 19.8. The van der Waals surface area contributed by atoms with Crippen molar-refractivity contribution < 1.29 is 9.53 Å². The molecule has 0 bridgehead atoms. The molecule has 1 saturated heterocycles. The van der Waals surface area contributed by atoms with Crippen molar-refractivity contribution in [1.29, 1.82) is 0 Å². The molecule has 0 radical (unpaired) electrons. The van der Waals surface area contributed by atoms with Crippen molar-refractivity contribution in [3.05, 3.63) is 11.3 Å². The van der Waals surface area contributed by atoms with Crippen LogP contribution in [0, 0.1) is 0 Å². The highest BCUT2D eigenvalue weighted by Gasteiger charge is 2.23. The van der Waals surface area contributed by atoms with E-state index in [0.29, 0.717) is 18.9 Å². The van der Waals surface area contributed by atoms with Crippen LogP contribution in [0.15, 0.2) is 0 Å². The van der Waals surface area contributed by atoms with E-state index in [1.165, 1.54) is 0 Å². The first-order chi connectivity index (χ1) is 10.4. The Labute approximate surface area is 145 Å². The number of carbonyl (C=O) groups is 1. The molecule has 6 nitrogen and oxygen atoms in total. The molecule has 23 heavy (non-hydrogen) atoms. The Morgan fingerprint density at radius 2 is 2.04 bits per heavy atom. The van der Waals surface area contributed by atoms with Crippen LogP contribution in [0.1, 0.15) is 50.8 Å². The minimum Gasteiger partial charge on any atom is -0.481 e. The second kappa shape index (κ2) is 8.55. The van der Waals surface area contributed by atoms with Crippen molar-refractivity contribution in [3.8, 4) is 5.88 Å². The zero-order chi connectivity index (χ0) is 16.3. The molecule has 7 heteroatoms. The summed E-state index contributed by atoms with van der Waals surface area (Å²) in [6.45, 7) is 8.74. The molecule has 1 atom stereocenters. The average Bonchev–Trinajstić information content (AvgIpc) is 3.00. The molecule has 2 heterocycles. The Bertz CT molecular complexity index is 530. The summed E-state index contributed by atoms with van der Waals surface area (Å²) in [6, 6.07) is 0.243. The summed E-state index contributed by atoms with van der Waals surface area (Å²) in [7, 11) is 3.58. The van der Waals surface area contributed by atoms with Gasteiger partial charge in [0.25, 0.3) is 0 Å². The topological polar surface area (TPSA) is 59.4 Å². The van der Waals surface area contributed by atoms with Gasteiger partial charge >= 0.3 is 0 Å². The van der Waals surface area contributed by atoms with Crippen LogP contribution >= 0.6 is 12.4 Å². The molecule has 1 amide bonds. The number of amides is 1. The number of ether oxygens (including phenoxy) is 1. The van der Waals surface area contributed by atoms with Crippen molar-refractivity contribution in [3.63, 3.8) is 0 Å². The van der Waals surface area contributed by atoms with Crippen molar-refractivity contribution >= 4 is 18.3 Å². The number of likely N-dealkylation sites (tertiary alicyclic amines) is 1. The summed E-state index contributed by atoms with van der Waals surface area (Å²) >= 11 is 0. The van der Waals surface area contributed by atoms with Crippen LogP contribution in [0.4, 0.5) is 0 Å². The minimum atomic E-state index is 0. The molecule has 1 aromatic rings. The highest BCUT2D eigenvalue weighted by atomic mass is 35.5. The van der Waals surface area contributed by atoms with E-state index >= 15 is 0 Å². The predicted octanol–water partition coefficient (Wildman–Crippen LogP) is 2.07. The van der Waals surface area contributed by atoms with Crippen LogP contribution in [0.2, 0.25) is 0 Å². The van der Waals surface area contributed by atoms with E-state index in [1.807, 2.05) is 11.9 Å².